The highest BCUT2D eigenvalue weighted by molar-refractivity contribution is 5.99. The minimum atomic E-state index is -0.0314. The number of rotatable bonds is 8. The summed E-state index contributed by atoms with van der Waals surface area (Å²) in [4.78, 5) is 22.3. The van der Waals surface area contributed by atoms with Gasteiger partial charge in [-0.05, 0) is 39.3 Å². The number of hydrogen-bond acceptors (Lipinski definition) is 2. The van der Waals surface area contributed by atoms with Crippen molar-refractivity contribution in [2.45, 2.75) is 33.6 Å². The maximum atomic E-state index is 11.5. The second-order valence-electron chi connectivity index (χ2n) is 4.46. The first-order valence-corrected chi connectivity index (χ1v) is 6.28. The molecule has 0 N–H and O–H groups in total. The van der Waals surface area contributed by atoms with E-state index in [1.54, 1.807) is 25.2 Å². The highest BCUT2D eigenvalue weighted by atomic mass is 16.1. The molecule has 0 radical (unpaired) electrons. The Labute approximate surface area is 115 Å². The fourth-order valence-corrected chi connectivity index (χ4v) is 1.34. The molecule has 0 amide bonds. The van der Waals surface area contributed by atoms with Crippen LogP contribution in [0.25, 0.3) is 0 Å². The van der Waals surface area contributed by atoms with Gasteiger partial charge in [0.25, 0.3) is 0 Å². The topological polar surface area (TPSA) is 34.1 Å². The van der Waals surface area contributed by atoms with Gasteiger partial charge in [0.1, 0.15) is 5.78 Å². The van der Waals surface area contributed by atoms with Crippen molar-refractivity contribution in [2.75, 3.05) is 0 Å². The Balaban J connectivity index is 4.37. The van der Waals surface area contributed by atoms with Gasteiger partial charge in [0.05, 0.1) is 0 Å². The van der Waals surface area contributed by atoms with Crippen molar-refractivity contribution in [1.29, 1.82) is 0 Å². The Morgan fingerprint density at radius 3 is 2.32 bits per heavy atom. The van der Waals surface area contributed by atoms with E-state index in [1.165, 1.54) is 6.08 Å². The largest absolute Gasteiger partial charge is 0.300 e. The van der Waals surface area contributed by atoms with Crippen LogP contribution >= 0.6 is 0 Å². The van der Waals surface area contributed by atoms with E-state index in [0.29, 0.717) is 6.42 Å². The summed E-state index contributed by atoms with van der Waals surface area (Å²) in [5.41, 5.74) is 1.99. The van der Waals surface area contributed by atoms with Gasteiger partial charge in [0.15, 0.2) is 5.78 Å². The van der Waals surface area contributed by atoms with Crippen LogP contribution in [0.4, 0.5) is 0 Å². The minimum Gasteiger partial charge on any atom is -0.300 e. The van der Waals surface area contributed by atoms with Gasteiger partial charge in [0.2, 0.25) is 0 Å². The molecule has 0 aliphatic carbocycles. The molecular weight excluding hydrogens is 236 g/mol. The molecule has 0 saturated carbocycles. The lowest BCUT2D eigenvalue weighted by Gasteiger charge is -1.92. The van der Waals surface area contributed by atoms with Crippen LogP contribution in [-0.2, 0) is 9.59 Å². The smallest absolute Gasteiger partial charge is 0.178 e. The average Bonchev–Trinajstić information content (AvgIpc) is 2.28. The summed E-state index contributed by atoms with van der Waals surface area (Å²) < 4.78 is 0. The molecule has 0 aromatic heterocycles. The lowest BCUT2D eigenvalue weighted by atomic mass is 10.1. The van der Waals surface area contributed by atoms with E-state index < -0.39 is 0 Å². The summed E-state index contributed by atoms with van der Waals surface area (Å²) in [5.74, 6) is 0.105. The standard InChI is InChI=1S/C17H22O2/c1-5-8-15(3)13-17(19)12-7-10-14(2)9-6-11-16(4)18/h5-7,9-10,12-13H,1,8,11H2,2-4H3/b9-6+,12-7+,14-10-,15-13-. The third-order valence-electron chi connectivity index (χ3n) is 2.26. The molecule has 2 heteroatoms. The molecule has 0 saturated heterocycles. The van der Waals surface area contributed by atoms with Crippen LogP contribution in [0.1, 0.15) is 33.6 Å². The first-order valence-electron chi connectivity index (χ1n) is 6.28. The van der Waals surface area contributed by atoms with Crippen LogP contribution in [0.2, 0.25) is 0 Å². The molecule has 0 spiro atoms. The lowest BCUT2D eigenvalue weighted by molar-refractivity contribution is -0.116. The quantitative estimate of drug-likeness (QED) is 0.373. The van der Waals surface area contributed by atoms with Crippen molar-refractivity contribution in [3.63, 3.8) is 0 Å². The molecule has 0 aromatic rings. The molecule has 0 aliphatic heterocycles. The fraction of sp³-hybridized carbons (Fsp3) is 0.294. The van der Waals surface area contributed by atoms with Gasteiger partial charge in [-0.1, -0.05) is 41.5 Å². The first kappa shape index (κ1) is 17.0. The zero-order chi connectivity index (χ0) is 14.7. The van der Waals surface area contributed by atoms with Crippen LogP contribution in [0.3, 0.4) is 0 Å². The Morgan fingerprint density at radius 1 is 1.05 bits per heavy atom. The van der Waals surface area contributed by atoms with Crippen molar-refractivity contribution in [3.8, 4) is 0 Å². The molecule has 0 atom stereocenters. The van der Waals surface area contributed by atoms with Gasteiger partial charge >= 0.3 is 0 Å². The van der Waals surface area contributed by atoms with E-state index in [4.69, 9.17) is 0 Å². The second-order valence-corrected chi connectivity index (χ2v) is 4.46. The number of allylic oxidation sites excluding steroid dienone is 9. The molecule has 102 valence electrons. The van der Waals surface area contributed by atoms with Gasteiger partial charge in [-0.3, -0.25) is 9.59 Å². The van der Waals surface area contributed by atoms with Gasteiger partial charge in [-0.15, -0.1) is 6.58 Å². The number of ketones is 2. The molecule has 0 aromatic carbocycles. The van der Waals surface area contributed by atoms with E-state index >= 15 is 0 Å². The molecule has 0 heterocycles. The van der Waals surface area contributed by atoms with E-state index in [0.717, 1.165) is 17.6 Å². The minimum absolute atomic E-state index is 0.0314. The van der Waals surface area contributed by atoms with Crippen LogP contribution in [0.15, 0.2) is 60.3 Å². The molecule has 19 heavy (non-hydrogen) atoms. The van der Waals surface area contributed by atoms with Gasteiger partial charge in [0, 0.05) is 6.42 Å². The number of hydrogen-bond donors (Lipinski definition) is 0. The van der Waals surface area contributed by atoms with E-state index in [9.17, 15) is 9.59 Å². The average molecular weight is 258 g/mol. The molecule has 0 rings (SSSR count). The molecule has 0 unspecified atom stereocenters. The van der Waals surface area contributed by atoms with Crippen molar-refractivity contribution in [1.82, 2.24) is 0 Å². The normalized spacial score (nSPS) is 13.2. The maximum Gasteiger partial charge on any atom is 0.178 e. The van der Waals surface area contributed by atoms with Crippen molar-refractivity contribution in [3.05, 3.63) is 60.3 Å². The predicted molar refractivity (Wildman–Crippen MR) is 80.9 cm³/mol. The van der Waals surface area contributed by atoms with Crippen LogP contribution in [0.5, 0.6) is 0 Å². The Hall–Kier alpha value is -1.96. The predicted octanol–water partition coefficient (Wildman–Crippen LogP) is 4.12. The van der Waals surface area contributed by atoms with Crippen molar-refractivity contribution < 1.29 is 9.59 Å². The van der Waals surface area contributed by atoms with Crippen molar-refractivity contribution >= 4 is 11.6 Å². The summed E-state index contributed by atoms with van der Waals surface area (Å²) >= 11 is 0. The molecule has 2 nitrogen and oxygen atoms in total. The number of carbonyl (C=O) groups excluding carboxylic acids is 2. The van der Waals surface area contributed by atoms with Gasteiger partial charge in [-0.25, -0.2) is 0 Å². The summed E-state index contributed by atoms with van der Waals surface area (Å²) in [6.07, 6.45) is 13.3. The van der Waals surface area contributed by atoms with Crippen LogP contribution in [0, 0.1) is 0 Å². The third kappa shape index (κ3) is 10.9. The highest BCUT2D eigenvalue weighted by Gasteiger charge is 1.91. The van der Waals surface area contributed by atoms with E-state index in [-0.39, 0.29) is 11.6 Å². The fourth-order valence-electron chi connectivity index (χ4n) is 1.34. The summed E-state index contributed by atoms with van der Waals surface area (Å²) in [6.45, 7) is 9.00. The first-order chi connectivity index (χ1) is 8.95. The second kappa shape index (κ2) is 10.0. The molecule has 0 bridgehead atoms. The summed E-state index contributed by atoms with van der Waals surface area (Å²) in [5, 5.41) is 0. The van der Waals surface area contributed by atoms with E-state index in [2.05, 4.69) is 6.58 Å². The monoisotopic (exact) mass is 258 g/mol. The zero-order valence-electron chi connectivity index (χ0n) is 12.0. The Kier molecular flexibility index (Phi) is 8.98. The van der Waals surface area contributed by atoms with Crippen LogP contribution < -0.4 is 0 Å². The number of Topliss-reactive ketones (excluding diaryl/α,β-unsaturated/α-hetero) is 1. The number of carbonyl (C=O) groups is 2. The van der Waals surface area contributed by atoms with Crippen LogP contribution in [-0.4, -0.2) is 11.6 Å². The molecular formula is C17H22O2. The summed E-state index contributed by atoms with van der Waals surface area (Å²) in [7, 11) is 0. The van der Waals surface area contributed by atoms with E-state index in [1.807, 2.05) is 32.1 Å². The summed E-state index contributed by atoms with van der Waals surface area (Å²) in [6, 6.07) is 0. The van der Waals surface area contributed by atoms with Crippen molar-refractivity contribution in [2.24, 2.45) is 0 Å². The lowest BCUT2D eigenvalue weighted by Crippen LogP contribution is -1.87. The third-order valence-corrected chi connectivity index (χ3v) is 2.26. The van der Waals surface area contributed by atoms with Gasteiger partial charge in [-0.2, -0.15) is 0 Å². The SMILES string of the molecule is C=CC/C(C)=C\C(=O)/C=C/C=C(C)\C=C\CC(C)=O. The maximum absolute atomic E-state index is 11.5. The van der Waals surface area contributed by atoms with Gasteiger partial charge < -0.3 is 0 Å². The molecule has 0 aliphatic rings. The Morgan fingerprint density at radius 2 is 1.74 bits per heavy atom. The Bertz CT molecular complexity index is 446. The zero-order valence-corrected chi connectivity index (χ0v) is 12.0. The highest BCUT2D eigenvalue weighted by Crippen LogP contribution is 2.01. The molecule has 0 fully saturated rings.